The summed E-state index contributed by atoms with van der Waals surface area (Å²) in [5.74, 6) is 0. The first-order chi connectivity index (χ1) is 4.67. The fraction of sp³-hybridized carbons (Fsp3) is 0.429. The van der Waals surface area contributed by atoms with Crippen LogP contribution in [0.3, 0.4) is 0 Å². The van der Waals surface area contributed by atoms with Crippen molar-refractivity contribution in [3.63, 3.8) is 0 Å². The van der Waals surface area contributed by atoms with Gasteiger partial charge >= 0.3 is 0 Å². The molecule has 3 heteroatoms. The molecule has 0 fully saturated rings. The average Bonchev–Trinajstić information content (AvgIpc) is 2.38. The van der Waals surface area contributed by atoms with Crippen LogP contribution in [0.4, 0.5) is 0 Å². The topological polar surface area (TPSA) is 52.0 Å². The molecule has 4 N–H and O–H groups in total. The van der Waals surface area contributed by atoms with Crippen molar-refractivity contribution in [2.24, 2.45) is 11.5 Å². The first-order valence-corrected chi connectivity index (χ1v) is 4.13. The van der Waals surface area contributed by atoms with Gasteiger partial charge in [0.25, 0.3) is 0 Å². The average molecular weight is 156 g/mol. The fourth-order valence-electron chi connectivity index (χ4n) is 0.707. The van der Waals surface area contributed by atoms with Gasteiger partial charge in [-0.25, -0.2) is 0 Å². The van der Waals surface area contributed by atoms with Gasteiger partial charge in [-0.3, -0.25) is 0 Å². The maximum absolute atomic E-state index is 5.86. The molecule has 0 aliphatic carbocycles. The van der Waals surface area contributed by atoms with Crippen LogP contribution in [0.2, 0.25) is 0 Å². The van der Waals surface area contributed by atoms with E-state index in [0.29, 0.717) is 6.54 Å². The Hall–Kier alpha value is -0.380. The van der Waals surface area contributed by atoms with Crippen LogP contribution in [0.15, 0.2) is 16.8 Å². The van der Waals surface area contributed by atoms with Crippen molar-refractivity contribution in [1.82, 2.24) is 0 Å². The Labute approximate surface area is 64.8 Å². The molecule has 1 atom stereocenters. The van der Waals surface area contributed by atoms with Gasteiger partial charge in [0.1, 0.15) is 0 Å². The van der Waals surface area contributed by atoms with Gasteiger partial charge in [0.15, 0.2) is 0 Å². The lowest BCUT2D eigenvalue weighted by Gasteiger charge is -2.20. The zero-order valence-electron chi connectivity index (χ0n) is 6.00. The minimum atomic E-state index is -0.347. The summed E-state index contributed by atoms with van der Waals surface area (Å²) in [6.07, 6.45) is 0. The third-order valence-corrected chi connectivity index (χ3v) is 2.29. The molecule has 1 heterocycles. The van der Waals surface area contributed by atoms with Gasteiger partial charge in [0.05, 0.1) is 5.54 Å². The number of hydrogen-bond donors (Lipinski definition) is 2. The Balaban J connectivity index is 2.85. The van der Waals surface area contributed by atoms with Gasteiger partial charge in [-0.2, -0.15) is 11.3 Å². The lowest BCUT2D eigenvalue weighted by atomic mass is 9.97. The van der Waals surface area contributed by atoms with E-state index in [9.17, 15) is 0 Å². The maximum atomic E-state index is 5.86. The van der Waals surface area contributed by atoms with Gasteiger partial charge < -0.3 is 11.5 Å². The quantitative estimate of drug-likeness (QED) is 0.668. The molecule has 0 saturated heterocycles. The molecule has 0 spiro atoms. The zero-order chi connectivity index (χ0) is 7.61. The summed E-state index contributed by atoms with van der Waals surface area (Å²) in [4.78, 5) is 0. The van der Waals surface area contributed by atoms with Gasteiger partial charge in [0, 0.05) is 6.54 Å². The maximum Gasteiger partial charge on any atom is 0.0513 e. The monoisotopic (exact) mass is 156 g/mol. The molecule has 1 aromatic heterocycles. The van der Waals surface area contributed by atoms with Crippen molar-refractivity contribution < 1.29 is 0 Å². The number of rotatable bonds is 2. The summed E-state index contributed by atoms with van der Waals surface area (Å²) in [6, 6.07) is 2.01. The van der Waals surface area contributed by atoms with E-state index in [1.54, 1.807) is 11.3 Å². The molecule has 0 aliphatic heterocycles. The zero-order valence-corrected chi connectivity index (χ0v) is 6.82. The third kappa shape index (κ3) is 1.37. The van der Waals surface area contributed by atoms with Crippen LogP contribution in [0.1, 0.15) is 12.5 Å². The van der Waals surface area contributed by atoms with Crippen molar-refractivity contribution in [2.45, 2.75) is 12.5 Å². The predicted molar refractivity (Wildman–Crippen MR) is 44.9 cm³/mol. The second kappa shape index (κ2) is 2.70. The van der Waals surface area contributed by atoms with E-state index < -0.39 is 0 Å². The molecular weight excluding hydrogens is 144 g/mol. The van der Waals surface area contributed by atoms with E-state index in [1.807, 2.05) is 23.8 Å². The Morgan fingerprint density at radius 3 is 2.80 bits per heavy atom. The normalized spacial score (nSPS) is 16.7. The summed E-state index contributed by atoms with van der Waals surface area (Å²) in [5.41, 5.74) is 12.1. The van der Waals surface area contributed by atoms with E-state index in [1.165, 1.54) is 0 Å². The molecule has 10 heavy (non-hydrogen) atoms. The van der Waals surface area contributed by atoms with Crippen molar-refractivity contribution in [2.75, 3.05) is 6.54 Å². The molecule has 1 aromatic rings. The summed E-state index contributed by atoms with van der Waals surface area (Å²) in [5, 5.41) is 4.04. The smallest absolute Gasteiger partial charge is 0.0513 e. The largest absolute Gasteiger partial charge is 0.328 e. The lowest BCUT2D eigenvalue weighted by molar-refractivity contribution is 0.509. The molecular formula is C7H12N2S. The Morgan fingerprint density at radius 1 is 1.70 bits per heavy atom. The van der Waals surface area contributed by atoms with Crippen LogP contribution >= 0.6 is 11.3 Å². The van der Waals surface area contributed by atoms with Crippen molar-refractivity contribution in [3.05, 3.63) is 22.4 Å². The van der Waals surface area contributed by atoms with Crippen LogP contribution in [0, 0.1) is 0 Å². The van der Waals surface area contributed by atoms with Crippen molar-refractivity contribution >= 4 is 11.3 Å². The molecule has 56 valence electrons. The molecule has 0 aliphatic rings. The molecule has 0 aromatic carbocycles. The Kier molecular flexibility index (Phi) is 2.08. The first-order valence-electron chi connectivity index (χ1n) is 3.18. The molecule has 1 rings (SSSR count). The second-order valence-corrected chi connectivity index (χ2v) is 3.41. The number of hydrogen-bond acceptors (Lipinski definition) is 3. The predicted octanol–water partition coefficient (Wildman–Crippen LogP) is 0.881. The highest BCUT2D eigenvalue weighted by molar-refractivity contribution is 7.08. The van der Waals surface area contributed by atoms with Gasteiger partial charge in [-0.15, -0.1) is 0 Å². The van der Waals surface area contributed by atoms with E-state index in [-0.39, 0.29) is 5.54 Å². The van der Waals surface area contributed by atoms with Gasteiger partial charge in [-0.1, -0.05) is 0 Å². The van der Waals surface area contributed by atoms with Crippen LogP contribution in [-0.2, 0) is 5.54 Å². The summed E-state index contributed by atoms with van der Waals surface area (Å²) in [6.45, 7) is 2.43. The Bertz CT molecular complexity index is 191. The molecule has 0 amide bonds. The number of nitrogens with two attached hydrogens (primary N) is 2. The third-order valence-electron chi connectivity index (χ3n) is 1.60. The van der Waals surface area contributed by atoms with Crippen LogP contribution in [-0.4, -0.2) is 6.54 Å². The summed E-state index contributed by atoms with van der Waals surface area (Å²) in [7, 11) is 0. The standard InChI is InChI=1S/C7H12N2S/c1-7(9,5-8)6-2-3-10-4-6/h2-4H,5,8-9H2,1H3. The number of thiophene rings is 1. The van der Waals surface area contributed by atoms with Gasteiger partial charge in [0.2, 0.25) is 0 Å². The molecule has 0 radical (unpaired) electrons. The highest BCUT2D eigenvalue weighted by atomic mass is 32.1. The van der Waals surface area contributed by atoms with Crippen molar-refractivity contribution in [1.29, 1.82) is 0 Å². The summed E-state index contributed by atoms with van der Waals surface area (Å²) >= 11 is 1.65. The highest BCUT2D eigenvalue weighted by Crippen LogP contribution is 2.18. The van der Waals surface area contributed by atoms with Crippen molar-refractivity contribution in [3.8, 4) is 0 Å². The molecule has 0 saturated carbocycles. The first kappa shape index (κ1) is 7.72. The second-order valence-electron chi connectivity index (χ2n) is 2.63. The van der Waals surface area contributed by atoms with E-state index in [4.69, 9.17) is 11.5 Å². The van der Waals surface area contributed by atoms with E-state index in [0.717, 1.165) is 5.56 Å². The SMILES string of the molecule is CC(N)(CN)c1ccsc1. The Morgan fingerprint density at radius 2 is 2.40 bits per heavy atom. The molecule has 1 unspecified atom stereocenters. The minimum absolute atomic E-state index is 0.347. The van der Waals surface area contributed by atoms with Gasteiger partial charge in [-0.05, 0) is 29.3 Å². The fourth-order valence-corrected chi connectivity index (χ4v) is 1.51. The van der Waals surface area contributed by atoms with E-state index >= 15 is 0 Å². The summed E-state index contributed by atoms with van der Waals surface area (Å²) < 4.78 is 0. The van der Waals surface area contributed by atoms with Crippen LogP contribution in [0.5, 0.6) is 0 Å². The van der Waals surface area contributed by atoms with Crippen LogP contribution < -0.4 is 11.5 Å². The highest BCUT2D eigenvalue weighted by Gasteiger charge is 2.18. The molecule has 0 bridgehead atoms. The van der Waals surface area contributed by atoms with E-state index in [2.05, 4.69) is 0 Å². The minimum Gasteiger partial charge on any atom is -0.328 e. The lowest BCUT2D eigenvalue weighted by Crippen LogP contribution is -2.40. The molecule has 2 nitrogen and oxygen atoms in total. The van der Waals surface area contributed by atoms with Crippen LogP contribution in [0.25, 0.3) is 0 Å².